The van der Waals surface area contributed by atoms with Gasteiger partial charge in [-0.2, -0.15) is 13.2 Å². The number of alkyl halides is 3. The van der Waals surface area contributed by atoms with Crippen molar-refractivity contribution in [1.29, 1.82) is 0 Å². The lowest BCUT2D eigenvalue weighted by atomic mass is 9.92. The summed E-state index contributed by atoms with van der Waals surface area (Å²) in [6.07, 6.45) is -2.53. The quantitative estimate of drug-likeness (QED) is 0.713. The molecule has 0 atom stereocenters. The van der Waals surface area contributed by atoms with E-state index in [0.29, 0.717) is 17.7 Å². The van der Waals surface area contributed by atoms with Crippen molar-refractivity contribution in [3.05, 3.63) is 34.9 Å². The third-order valence-electron chi connectivity index (χ3n) is 2.71. The summed E-state index contributed by atoms with van der Waals surface area (Å²) in [5, 5.41) is 0. The zero-order valence-electron chi connectivity index (χ0n) is 8.77. The van der Waals surface area contributed by atoms with Gasteiger partial charge >= 0.3 is 6.18 Å². The van der Waals surface area contributed by atoms with Crippen LogP contribution in [0.25, 0.3) is 6.08 Å². The minimum Gasteiger partial charge on any atom is -0.497 e. The number of benzene rings is 1. The van der Waals surface area contributed by atoms with Crippen molar-refractivity contribution in [2.45, 2.75) is 19.0 Å². The van der Waals surface area contributed by atoms with Crippen LogP contribution in [0.3, 0.4) is 0 Å². The van der Waals surface area contributed by atoms with Gasteiger partial charge in [0.25, 0.3) is 0 Å². The van der Waals surface area contributed by atoms with Crippen molar-refractivity contribution in [2.24, 2.45) is 0 Å². The summed E-state index contributed by atoms with van der Waals surface area (Å²) in [6.45, 7) is 0. The number of rotatable bonds is 1. The average molecular weight is 228 g/mol. The molecule has 0 amide bonds. The van der Waals surface area contributed by atoms with Crippen LogP contribution in [0.5, 0.6) is 5.75 Å². The highest BCUT2D eigenvalue weighted by Gasteiger charge is 2.34. The number of fused-ring (bicyclic) bond motifs is 1. The molecule has 0 radical (unpaired) electrons. The smallest absolute Gasteiger partial charge is 0.412 e. The van der Waals surface area contributed by atoms with E-state index >= 15 is 0 Å². The van der Waals surface area contributed by atoms with E-state index in [2.05, 4.69) is 0 Å². The first-order valence-electron chi connectivity index (χ1n) is 4.95. The molecule has 1 nitrogen and oxygen atoms in total. The molecule has 0 aromatic heterocycles. The molecule has 0 bridgehead atoms. The molecule has 0 saturated heterocycles. The van der Waals surface area contributed by atoms with Crippen LogP contribution < -0.4 is 4.74 Å². The molecule has 0 aliphatic heterocycles. The SMILES string of the molecule is COc1ccc2c(c1)CCC(C(F)(F)F)=C2. The molecular weight excluding hydrogens is 217 g/mol. The molecule has 1 aliphatic carbocycles. The zero-order chi connectivity index (χ0) is 11.8. The van der Waals surface area contributed by atoms with Gasteiger partial charge in [-0.15, -0.1) is 0 Å². The van der Waals surface area contributed by atoms with Crippen molar-refractivity contribution in [3.63, 3.8) is 0 Å². The highest BCUT2D eigenvalue weighted by atomic mass is 19.4. The normalized spacial score (nSPS) is 15.4. The van der Waals surface area contributed by atoms with E-state index in [0.717, 1.165) is 5.56 Å². The molecule has 16 heavy (non-hydrogen) atoms. The number of hydrogen-bond acceptors (Lipinski definition) is 1. The van der Waals surface area contributed by atoms with E-state index < -0.39 is 11.7 Å². The highest BCUT2D eigenvalue weighted by Crippen LogP contribution is 2.35. The summed E-state index contributed by atoms with van der Waals surface area (Å²) < 4.78 is 42.5. The Morgan fingerprint density at radius 2 is 1.94 bits per heavy atom. The van der Waals surface area contributed by atoms with Gasteiger partial charge in [0.1, 0.15) is 5.75 Å². The first kappa shape index (κ1) is 11.0. The van der Waals surface area contributed by atoms with Crippen LogP contribution in [0, 0.1) is 0 Å². The Morgan fingerprint density at radius 3 is 2.56 bits per heavy atom. The maximum absolute atomic E-state index is 12.5. The summed E-state index contributed by atoms with van der Waals surface area (Å²) in [7, 11) is 1.54. The van der Waals surface area contributed by atoms with E-state index in [1.165, 1.54) is 6.08 Å². The Bertz CT molecular complexity index is 432. The summed E-state index contributed by atoms with van der Waals surface area (Å²) in [4.78, 5) is 0. The number of halogens is 3. The fraction of sp³-hybridized carbons (Fsp3) is 0.333. The molecule has 1 aromatic rings. The van der Waals surface area contributed by atoms with Gasteiger partial charge in [-0.3, -0.25) is 0 Å². The molecule has 86 valence electrons. The summed E-state index contributed by atoms with van der Waals surface area (Å²) in [5.41, 5.74) is 1.09. The molecule has 4 heteroatoms. The predicted octanol–water partition coefficient (Wildman–Crippen LogP) is 3.59. The van der Waals surface area contributed by atoms with E-state index in [-0.39, 0.29) is 6.42 Å². The molecule has 1 aliphatic rings. The van der Waals surface area contributed by atoms with Crippen LogP contribution in [0.1, 0.15) is 17.5 Å². The monoisotopic (exact) mass is 228 g/mol. The number of aryl methyl sites for hydroxylation is 1. The van der Waals surface area contributed by atoms with Crippen LogP contribution in [-0.2, 0) is 6.42 Å². The van der Waals surface area contributed by atoms with E-state index in [4.69, 9.17) is 4.74 Å². The molecule has 0 unspecified atom stereocenters. The Hall–Kier alpha value is -1.45. The van der Waals surface area contributed by atoms with E-state index in [1.54, 1.807) is 25.3 Å². The van der Waals surface area contributed by atoms with Crippen LogP contribution in [0.15, 0.2) is 23.8 Å². The first-order valence-corrected chi connectivity index (χ1v) is 4.95. The lowest BCUT2D eigenvalue weighted by Crippen LogP contribution is -2.15. The summed E-state index contributed by atoms with van der Waals surface area (Å²) in [6, 6.07) is 5.13. The van der Waals surface area contributed by atoms with Gasteiger partial charge in [-0.1, -0.05) is 6.07 Å². The number of ether oxygens (including phenoxy) is 1. The second-order valence-corrected chi connectivity index (χ2v) is 3.73. The van der Waals surface area contributed by atoms with Gasteiger partial charge in [0.15, 0.2) is 0 Å². The van der Waals surface area contributed by atoms with Gasteiger partial charge < -0.3 is 4.74 Å². The molecule has 0 fully saturated rings. The van der Waals surface area contributed by atoms with Crippen LogP contribution in [0.4, 0.5) is 13.2 Å². The largest absolute Gasteiger partial charge is 0.497 e. The Morgan fingerprint density at radius 1 is 1.19 bits per heavy atom. The second kappa shape index (κ2) is 3.85. The van der Waals surface area contributed by atoms with Gasteiger partial charge in [0.05, 0.1) is 7.11 Å². The molecule has 0 N–H and O–H groups in total. The van der Waals surface area contributed by atoms with Gasteiger partial charge in [-0.25, -0.2) is 0 Å². The zero-order valence-corrected chi connectivity index (χ0v) is 8.77. The van der Waals surface area contributed by atoms with Crippen molar-refractivity contribution >= 4 is 6.08 Å². The van der Waals surface area contributed by atoms with Crippen molar-refractivity contribution < 1.29 is 17.9 Å². The highest BCUT2D eigenvalue weighted by molar-refractivity contribution is 5.61. The average Bonchev–Trinajstić information content (AvgIpc) is 2.26. The van der Waals surface area contributed by atoms with Crippen LogP contribution >= 0.6 is 0 Å². The summed E-state index contributed by atoms with van der Waals surface area (Å²) >= 11 is 0. The van der Waals surface area contributed by atoms with E-state index in [1.807, 2.05) is 0 Å². The molecule has 1 aromatic carbocycles. The second-order valence-electron chi connectivity index (χ2n) is 3.73. The van der Waals surface area contributed by atoms with Gasteiger partial charge in [0.2, 0.25) is 0 Å². The fourth-order valence-electron chi connectivity index (χ4n) is 1.82. The maximum Gasteiger partial charge on any atom is 0.412 e. The minimum absolute atomic E-state index is 0.0453. The number of methoxy groups -OCH3 is 1. The van der Waals surface area contributed by atoms with Crippen LogP contribution in [-0.4, -0.2) is 13.3 Å². The third-order valence-corrected chi connectivity index (χ3v) is 2.71. The Kier molecular flexibility index (Phi) is 2.66. The molecule has 0 saturated carbocycles. The minimum atomic E-state index is -4.21. The van der Waals surface area contributed by atoms with Crippen molar-refractivity contribution in [3.8, 4) is 5.75 Å². The number of allylic oxidation sites excluding steroid dienone is 1. The summed E-state index contributed by atoms with van der Waals surface area (Å²) in [5.74, 6) is 0.683. The third kappa shape index (κ3) is 2.05. The molecule has 0 heterocycles. The standard InChI is InChI=1S/C12H11F3O/c1-16-11-5-3-8-6-10(12(13,14)15)4-2-9(8)7-11/h3,5-7H,2,4H2,1H3. The van der Waals surface area contributed by atoms with Gasteiger partial charge in [0, 0.05) is 5.57 Å². The first-order chi connectivity index (χ1) is 7.50. The van der Waals surface area contributed by atoms with Gasteiger partial charge in [-0.05, 0) is 42.2 Å². The fourth-order valence-corrected chi connectivity index (χ4v) is 1.82. The van der Waals surface area contributed by atoms with Crippen molar-refractivity contribution in [1.82, 2.24) is 0 Å². The van der Waals surface area contributed by atoms with Crippen LogP contribution in [0.2, 0.25) is 0 Å². The van der Waals surface area contributed by atoms with E-state index in [9.17, 15) is 13.2 Å². The lowest BCUT2D eigenvalue weighted by molar-refractivity contribution is -0.0931. The topological polar surface area (TPSA) is 9.23 Å². The lowest BCUT2D eigenvalue weighted by Gasteiger charge is -2.19. The maximum atomic E-state index is 12.5. The Labute approximate surface area is 91.5 Å². The molecule has 2 rings (SSSR count). The Balaban J connectivity index is 2.38. The molecule has 0 spiro atoms. The van der Waals surface area contributed by atoms with Crippen molar-refractivity contribution in [2.75, 3.05) is 7.11 Å². The number of hydrogen-bond donors (Lipinski definition) is 0. The molecular formula is C12H11F3O. The predicted molar refractivity (Wildman–Crippen MR) is 55.3 cm³/mol.